The molecule has 0 bridgehead atoms. The van der Waals surface area contributed by atoms with Gasteiger partial charge in [0.1, 0.15) is 0 Å². The van der Waals surface area contributed by atoms with Crippen LogP contribution in [0, 0.1) is 0 Å². The van der Waals surface area contributed by atoms with Gasteiger partial charge in [-0.05, 0) is 55.3 Å². The van der Waals surface area contributed by atoms with Crippen LogP contribution in [0.1, 0.15) is 33.2 Å². The fraction of sp³-hybridized carbons (Fsp3) is 0.125. The number of carbonyl (C=O) groups excluding carboxylic acids is 2. The van der Waals surface area contributed by atoms with E-state index in [0.717, 1.165) is 24.2 Å². The minimum Gasteiger partial charge on any atom is -0.383 e. The molecule has 3 N–H and O–H groups in total. The fourth-order valence-corrected chi connectivity index (χ4v) is 3.33. The van der Waals surface area contributed by atoms with E-state index in [9.17, 15) is 9.59 Å². The van der Waals surface area contributed by atoms with E-state index >= 15 is 0 Å². The van der Waals surface area contributed by atoms with Gasteiger partial charge in [-0.25, -0.2) is 0 Å². The quantitative estimate of drug-likeness (QED) is 0.395. The molecule has 30 heavy (non-hydrogen) atoms. The summed E-state index contributed by atoms with van der Waals surface area (Å²) in [5.41, 5.74) is 4.86. The molecule has 1 amide bonds. The monoisotopic (exact) mass is 398 g/mol. The Morgan fingerprint density at radius 1 is 0.967 bits per heavy atom. The van der Waals surface area contributed by atoms with Crippen LogP contribution in [0.2, 0.25) is 0 Å². The summed E-state index contributed by atoms with van der Waals surface area (Å²) >= 11 is 0. The Bertz CT molecular complexity index is 1200. The molecule has 0 aliphatic rings. The highest BCUT2D eigenvalue weighted by Crippen LogP contribution is 2.18. The first kappa shape index (κ1) is 19.4. The van der Waals surface area contributed by atoms with Crippen molar-refractivity contribution in [3.05, 3.63) is 89.9 Å². The Balaban J connectivity index is 1.37. The highest BCUT2D eigenvalue weighted by molar-refractivity contribution is 6.04. The number of Topliss-reactive ketones (excluding diaryl/α,β-unsaturated/α-hetero) is 1. The number of H-pyrrole nitrogens is 1. The molecule has 4 rings (SSSR count). The van der Waals surface area contributed by atoms with E-state index in [1.807, 2.05) is 18.3 Å². The summed E-state index contributed by atoms with van der Waals surface area (Å²) < 4.78 is 0. The van der Waals surface area contributed by atoms with Crippen molar-refractivity contribution in [2.45, 2.75) is 13.3 Å². The molecule has 0 aliphatic heterocycles. The summed E-state index contributed by atoms with van der Waals surface area (Å²) in [6.45, 7) is 2.23. The van der Waals surface area contributed by atoms with Crippen LogP contribution in [0.5, 0.6) is 0 Å². The van der Waals surface area contributed by atoms with Crippen molar-refractivity contribution in [1.29, 1.82) is 0 Å². The molecule has 6 nitrogen and oxygen atoms in total. The third-order valence-electron chi connectivity index (χ3n) is 4.95. The van der Waals surface area contributed by atoms with Gasteiger partial charge in [0.15, 0.2) is 5.78 Å². The number of carbonyl (C=O) groups is 2. The number of hydrogen-bond acceptors (Lipinski definition) is 4. The maximum absolute atomic E-state index is 12.5. The van der Waals surface area contributed by atoms with E-state index in [4.69, 9.17) is 0 Å². The van der Waals surface area contributed by atoms with Gasteiger partial charge >= 0.3 is 0 Å². The SMILES string of the molecule is CC(=O)c1ccc(NC(=O)c2cncc(NCCc3c[nH]c4ccccc34)c2)cc1. The topological polar surface area (TPSA) is 86.9 Å². The molecule has 0 radical (unpaired) electrons. The van der Waals surface area contributed by atoms with Crippen LogP contribution < -0.4 is 10.6 Å². The summed E-state index contributed by atoms with van der Waals surface area (Å²) in [6, 6.07) is 16.8. The van der Waals surface area contributed by atoms with Gasteiger partial charge < -0.3 is 15.6 Å². The largest absolute Gasteiger partial charge is 0.383 e. The normalized spacial score (nSPS) is 10.7. The fourth-order valence-electron chi connectivity index (χ4n) is 3.33. The Labute approximate surface area is 174 Å². The van der Waals surface area contributed by atoms with Crippen molar-refractivity contribution < 1.29 is 9.59 Å². The number of nitrogens with one attached hydrogen (secondary N) is 3. The number of rotatable bonds is 7. The number of aromatic amines is 1. The third kappa shape index (κ3) is 4.38. The Morgan fingerprint density at radius 3 is 2.57 bits per heavy atom. The zero-order valence-electron chi connectivity index (χ0n) is 16.6. The number of anilines is 2. The predicted molar refractivity (Wildman–Crippen MR) is 119 cm³/mol. The van der Waals surface area contributed by atoms with E-state index in [1.54, 1.807) is 36.5 Å². The van der Waals surface area contributed by atoms with Crippen LogP contribution in [0.15, 0.2) is 73.2 Å². The van der Waals surface area contributed by atoms with Crippen molar-refractivity contribution >= 4 is 34.0 Å². The van der Waals surface area contributed by atoms with E-state index in [1.165, 1.54) is 24.1 Å². The smallest absolute Gasteiger partial charge is 0.257 e. The molecule has 150 valence electrons. The summed E-state index contributed by atoms with van der Waals surface area (Å²) in [5, 5.41) is 7.38. The molecular weight excluding hydrogens is 376 g/mol. The van der Waals surface area contributed by atoms with Crippen molar-refractivity contribution in [3.63, 3.8) is 0 Å². The first-order valence-corrected chi connectivity index (χ1v) is 9.76. The average molecular weight is 398 g/mol. The van der Waals surface area contributed by atoms with Gasteiger partial charge in [0.2, 0.25) is 0 Å². The number of para-hydroxylation sites is 1. The van der Waals surface area contributed by atoms with Gasteiger partial charge in [0.05, 0.1) is 11.3 Å². The predicted octanol–water partition coefficient (Wildman–Crippen LogP) is 4.67. The van der Waals surface area contributed by atoms with Crippen molar-refractivity contribution in [2.75, 3.05) is 17.2 Å². The molecular formula is C24H22N4O2. The zero-order chi connectivity index (χ0) is 20.9. The van der Waals surface area contributed by atoms with Gasteiger partial charge in [-0.1, -0.05) is 18.2 Å². The van der Waals surface area contributed by atoms with Crippen molar-refractivity contribution in [2.24, 2.45) is 0 Å². The first-order chi connectivity index (χ1) is 14.6. The van der Waals surface area contributed by atoms with Crippen LogP contribution in [-0.2, 0) is 6.42 Å². The lowest BCUT2D eigenvalue weighted by Gasteiger charge is -2.09. The number of hydrogen-bond donors (Lipinski definition) is 3. The lowest BCUT2D eigenvalue weighted by Crippen LogP contribution is -2.13. The third-order valence-corrected chi connectivity index (χ3v) is 4.95. The maximum Gasteiger partial charge on any atom is 0.257 e. The Kier molecular flexibility index (Phi) is 5.57. The maximum atomic E-state index is 12.5. The lowest BCUT2D eigenvalue weighted by atomic mass is 10.1. The van der Waals surface area contributed by atoms with Crippen LogP contribution in [0.4, 0.5) is 11.4 Å². The van der Waals surface area contributed by atoms with Gasteiger partial charge in [-0.15, -0.1) is 0 Å². The minimum atomic E-state index is -0.252. The minimum absolute atomic E-state index is 0.0107. The number of aromatic nitrogens is 2. The number of fused-ring (bicyclic) bond motifs is 1. The molecule has 2 heterocycles. The van der Waals surface area contributed by atoms with Crippen LogP contribution >= 0.6 is 0 Å². The van der Waals surface area contributed by atoms with Crippen LogP contribution in [0.25, 0.3) is 10.9 Å². The van der Waals surface area contributed by atoms with Gasteiger partial charge in [0, 0.05) is 47.3 Å². The lowest BCUT2D eigenvalue weighted by molar-refractivity contribution is 0.101. The van der Waals surface area contributed by atoms with E-state index in [-0.39, 0.29) is 11.7 Å². The summed E-state index contributed by atoms with van der Waals surface area (Å²) in [7, 11) is 0. The summed E-state index contributed by atoms with van der Waals surface area (Å²) in [4.78, 5) is 31.4. The highest BCUT2D eigenvalue weighted by atomic mass is 16.1. The molecule has 0 fully saturated rings. The van der Waals surface area contributed by atoms with Crippen LogP contribution in [0.3, 0.4) is 0 Å². The molecule has 0 aliphatic carbocycles. The molecule has 0 saturated carbocycles. The standard InChI is InChI=1S/C24H22N4O2/c1-16(29)17-6-8-20(9-7-17)28-24(30)19-12-21(15-25-13-19)26-11-10-18-14-27-23-5-3-2-4-22(18)23/h2-9,12-15,26-27H,10-11H2,1H3,(H,28,30). The van der Waals surface area contributed by atoms with E-state index in [0.29, 0.717) is 16.8 Å². The molecule has 2 aromatic heterocycles. The molecule has 6 heteroatoms. The number of ketones is 1. The van der Waals surface area contributed by atoms with Crippen molar-refractivity contribution in [3.8, 4) is 0 Å². The summed E-state index contributed by atoms with van der Waals surface area (Å²) in [5.74, 6) is -0.262. The second kappa shape index (κ2) is 8.61. The second-order valence-corrected chi connectivity index (χ2v) is 7.09. The van der Waals surface area contributed by atoms with Gasteiger partial charge in [-0.3, -0.25) is 14.6 Å². The van der Waals surface area contributed by atoms with Gasteiger partial charge in [0.25, 0.3) is 5.91 Å². The highest BCUT2D eigenvalue weighted by Gasteiger charge is 2.09. The zero-order valence-corrected chi connectivity index (χ0v) is 16.6. The van der Waals surface area contributed by atoms with Gasteiger partial charge in [-0.2, -0.15) is 0 Å². The molecule has 0 saturated heterocycles. The molecule has 0 unspecified atom stereocenters. The number of benzene rings is 2. The number of amides is 1. The molecule has 0 spiro atoms. The number of pyridine rings is 1. The first-order valence-electron chi connectivity index (χ1n) is 9.76. The Hall–Kier alpha value is -3.93. The Morgan fingerprint density at radius 2 is 1.77 bits per heavy atom. The van der Waals surface area contributed by atoms with Crippen LogP contribution in [-0.4, -0.2) is 28.2 Å². The van der Waals surface area contributed by atoms with Crippen molar-refractivity contribution in [1.82, 2.24) is 9.97 Å². The van der Waals surface area contributed by atoms with E-state index in [2.05, 4.69) is 32.7 Å². The molecule has 0 atom stereocenters. The second-order valence-electron chi connectivity index (χ2n) is 7.09. The molecule has 4 aromatic rings. The number of nitrogens with zero attached hydrogens (tertiary/aromatic N) is 1. The average Bonchev–Trinajstić information content (AvgIpc) is 3.17. The van der Waals surface area contributed by atoms with E-state index < -0.39 is 0 Å². The molecule has 2 aromatic carbocycles. The summed E-state index contributed by atoms with van der Waals surface area (Å²) in [6.07, 6.45) is 6.12.